The summed E-state index contributed by atoms with van der Waals surface area (Å²) in [5.74, 6) is 0.877. The second kappa shape index (κ2) is 7.55. The quantitative estimate of drug-likeness (QED) is 0.754. The van der Waals surface area contributed by atoms with Gasteiger partial charge in [0.25, 0.3) is 5.91 Å². The van der Waals surface area contributed by atoms with Crippen molar-refractivity contribution in [3.05, 3.63) is 83.5 Å². The molecule has 1 N–H and O–H groups in total. The third-order valence-corrected chi connectivity index (χ3v) is 3.65. The lowest BCUT2D eigenvalue weighted by atomic mass is 10.1. The van der Waals surface area contributed by atoms with Gasteiger partial charge in [-0.2, -0.15) is 4.98 Å². The number of aryl methyl sites for hydroxylation is 1. The number of nitrogens with zero attached hydrogens (tertiary/aromatic N) is 2. The fraction of sp³-hybridized carbons (Fsp3) is 0.211. The lowest BCUT2D eigenvalue weighted by Crippen LogP contribution is -2.30. The van der Waals surface area contributed by atoms with Gasteiger partial charge in [-0.15, -0.1) is 0 Å². The molecule has 0 fully saturated rings. The highest BCUT2D eigenvalue weighted by Gasteiger charge is 2.22. The summed E-state index contributed by atoms with van der Waals surface area (Å²) >= 11 is 0. The lowest BCUT2D eigenvalue weighted by Gasteiger charge is -2.16. The van der Waals surface area contributed by atoms with Crippen LogP contribution >= 0.6 is 0 Å². The predicted octanol–water partition coefficient (Wildman–Crippen LogP) is 3.54. The number of rotatable bonds is 6. The highest BCUT2D eigenvalue weighted by molar-refractivity contribution is 5.94. The molecule has 122 valence electrons. The van der Waals surface area contributed by atoms with Crippen molar-refractivity contribution < 1.29 is 9.32 Å². The molecule has 2 aromatic carbocycles. The molecule has 0 unspecified atom stereocenters. The largest absolute Gasteiger partial charge is 0.339 e. The minimum atomic E-state index is -0.451. The number of hydrogen-bond donors (Lipinski definition) is 1. The molecule has 1 heterocycles. The lowest BCUT2D eigenvalue weighted by molar-refractivity contribution is 0.0941. The second-order valence-electron chi connectivity index (χ2n) is 5.48. The molecule has 0 aliphatic rings. The molecule has 1 amide bonds. The van der Waals surface area contributed by atoms with Crippen molar-refractivity contribution in [3.8, 4) is 0 Å². The van der Waals surface area contributed by atoms with Crippen molar-refractivity contribution in [3.63, 3.8) is 0 Å². The van der Waals surface area contributed by atoms with Crippen LogP contribution in [0.4, 0.5) is 0 Å². The Hall–Kier alpha value is -2.95. The van der Waals surface area contributed by atoms with Crippen LogP contribution in [0.1, 0.15) is 47.0 Å². The van der Waals surface area contributed by atoms with Crippen molar-refractivity contribution in [2.24, 2.45) is 0 Å². The molecule has 3 rings (SSSR count). The van der Waals surface area contributed by atoms with Crippen molar-refractivity contribution in [2.75, 3.05) is 0 Å². The van der Waals surface area contributed by atoms with E-state index in [1.54, 1.807) is 12.1 Å². The normalized spacial score (nSPS) is 11.9. The van der Waals surface area contributed by atoms with E-state index in [1.807, 2.05) is 48.5 Å². The van der Waals surface area contributed by atoms with Gasteiger partial charge in [-0.1, -0.05) is 60.6 Å². The Morgan fingerprint density at radius 2 is 1.75 bits per heavy atom. The Bertz CT molecular complexity index is 785. The zero-order chi connectivity index (χ0) is 16.8. The third-order valence-electron chi connectivity index (χ3n) is 3.65. The molecule has 3 aromatic rings. The molecule has 0 radical (unpaired) electrons. The molecular weight excluding hydrogens is 302 g/mol. The van der Waals surface area contributed by atoms with Crippen molar-refractivity contribution >= 4 is 5.91 Å². The van der Waals surface area contributed by atoms with E-state index >= 15 is 0 Å². The van der Waals surface area contributed by atoms with E-state index in [-0.39, 0.29) is 5.91 Å². The summed E-state index contributed by atoms with van der Waals surface area (Å²) in [4.78, 5) is 17.0. The van der Waals surface area contributed by atoms with Crippen LogP contribution in [0.2, 0.25) is 0 Å². The van der Waals surface area contributed by atoms with Gasteiger partial charge in [0, 0.05) is 12.0 Å². The molecule has 24 heavy (non-hydrogen) atoms. The number of carbonyl (C=O) groups is 1. The smallest absolute Gasteiger partial charge is 0.252 e. The third kappa shape index (κ3) is 3.68. The van der Waals surface area contributed by atoms with Crippen LogP contribution in [0.3, 0.4) is 0 Å². The Kier molecular flexibility index (Phi) is 5.01. The summed E-state index contributed by atoms with van der Waals surface area (Å²) in [6.07, 6.45) is 1.65. The molecule has 0 bridgehead atoms. The number of nitrogens with one attached hydrogen (secondary N) is 1. The number of amides is 1. The van der Waals surface area contributed by atoms with Gasteiger partial charge >= 0.3 is 0 Å². The van der Waals surface area contributed by atoms with Crippen LogP contribution in [0.25, 0.3) is 0 Å². The average molecular weight is 321 g/mol. The molecule has 1 atom stereocenters. The first-order valence-corrected chi connectivity index (χ1v) is 8.01. The van der Waals surface area contributed by atoms with E-state index in [9.17, 15) is 4.79 Å². The molecule has 5 nitrogen and oxygen atoms in total. The Labute approximate surface area is 140 Å². The zero-order valence-electron chi connectivity index (χ0n) is 13.5. The number of aromatic nitrogens is 2. The predicted molar refractivity (Wildman–Crippen MR) is 90.5 cm³/mol. The monoisotopic (exact) mass is 321 g/mol. The molecule has 0 aliphatic heterocycles. The molecule has 0 saturated heterocycles. The Morgan fingerprint density at radius 3 is 2.42 bits per heavy atom. The molecule has 5 heteroatoms. The summed E-state index contributed by atoms with van der Waals surface area (Å²) in [6, 6.07) is 18.3. The van der Waals surface area contributed by atoms with E-state index in [0.717, 1.165) is 18.4 Å². The molecule has 0 aliphatic carbocycles. The van der Waals surface area contributed by atoms with Gasteiger partial charge in [0.2, 0.25) is 5.89 Å². The van der Waals surface area contributed by atoms with Crippen LogP contribution in [0, 0.1) is 0 Å². The van der Waals surface area contributed by atoms with Gasteiger partial charge in [0.15, 0.2) is 5.82 Å². The summed E-state index contributed by atoms with van der Waals surface area (Å²) in [5.41, 5.74) is 1.50. The van der Waals surface area contributed by atoms with Gasteiger partial charge in [-0.05, 0) is 24.1 Å². The zero-order valence-corrected chi connectivity index (χ0v) is 13.5. The fourth-order valence-electron chi connectivity index (χ4n) is 2.45. The van der Waals surface area contributed by atoms with Gasteiger partial charge in [-0.25, -0.2) is 0 Å². The fourth-order valence-corrected chi connectivity index (χ4v) is 2.45. The van der Waals surface area contributed by atoms with Gasteiger partial charge in [0.05, 0.1) is 0 Å². The molecule has 1 aromatic heterocycles. The van der Waals surface area contributed by atoms with E-state index in [4.69, 9.17) is 4.52 Å². The first-order chi connectivity index (χ1) is 11.8. The maximum absolute atomic E-state index is 12.5. The molecule has 0 spiro atoms. The van der Waals surface area contributed by atoms with Crippen LogP contribution < -0.4 is 5.32 Å². The summed E-state index contributed by atoms with van der Waals surface area (Å²) < 4.78 is 5.28. The van der Waals surface area contributed by atoms with Crippen molar-refractivity contribution in [2.45, 2.75) is 25.8 Å². The van der Waals surface area contributed by atoms with Gasteiger partial charge in [0.1, 0.15) is 6.04 Å². The second-order valence-corrected chi connectivity index (χ2v) is 5.48. The molecular formula is C19H19N3O2. The Balaban J connectivity index is 1.89. The van der Waals surface area contributed by atoms with E-state index < -0.39 is 6.04 Å². The van der Waals surface area contributed by atoms with Crippen LogP contribution in [-0.2, 0) is 6.42 Å². The van der Waals surface area contributed by atoms with Crippen LogP contribution in [0.5, 0.6) is 0 Å². The first kappa shape index (κ1) is 15.9. The van der Waals surface area contributed by atoms with E-state index in [1.165, 1.54) is 0 Å². The summed E-state index contributed by atoms with van der Waals surface area (Å²) in [5, 5.41) is 7.05. The maximum Gasteiger partial charge on any atom is 0.252 e. The maximum atomic E-state index is 12.5. The minimum absolute atomic E-state index is 0.175. The van der Waals surface area contributed by atoms with Gasteiger partial charge in [-0.3, -0.25) is 4.79 Å². The van der Waals surface area contributed by atoms with Crippen LogP contribution in [-0.4, -0.2) is 16.0 Å². The van der Waals surface area contributed by atoms with Gasteiger partial charge < -0.3 is 9.84 Å². The van der Waals surface area contributed by atoms with E-state index in [2.05, 4.69) is 22.4 Å². The topological polar surface area (TPSA) is 68.0 Å². The van der Waals surface area contributed by atoms with Crippen molar-refractivity contribution in [1.82, 2.24) is 15.5 Å². The Morgan fingerprint density at radius 1 is 1.08 bits per heavy atom. The summed E-state index contributed by atoms with van der Waals surface area (Å²) in [6.45, 7) is 2.05. The average Bonchev–Trinajstić information content (AvgIpc) is 3.09. The molecule has 0 saturated carbocycles. The van der Waals surface area contributed by atoms with E-state index in [0.29, 0.717) is 17.3 Å². The number of carbonyl (C=O) groups excluding carboxylic acids is 1. The van der Waals surface area contributed by atoms with Crippen LogP contribution in [0.15, 0.2) is 65.2 Å². The number of benzene rings is 2. The highest BCUT2D eigenvalue weighted by Crippen LogP contribution is 2.20. The minimum Gasteiger partial charge on any atom is -0.339 e. The standard InChI is InChI=1S/C19H19N3O2/c1-2-9-16-20-18(22-24-16)17(14-10-5-3-6-11-14)21-19(23)15-12-7-4-8-13-15/h3-8,10-13,17H,2,9H2,1H3,(H,21,23)/t17-/m0/s1. The SMILES string of the molecule is CCCc1nc([C@@H](NC(=O)c2ccccc2)c2ccccc2)no1. The highest BCUT2D eigenvalue weighted by atomic mass is 16.5. The van der Waals surface area contributed by atoms with Crippen molar-refractivity contribution in [1.29, 1.82) is 0 Å². The first-order valence-electron chi connectivity index (χ1n) is 8.01. The summed E-state index contributed by atoms with van der Waals surface area (Å²) in [7, 11) is 0. The number of hydrogen-bond acceptors (Lipinski definition) is 4.